The Morgan fingerprint density at radius 2 is 2.03 bits per heavy atom. The molecule has 164 valence electrons. The summed E-state index contributed by atoms with van der Waals surface area (Å²) in [6, 6.07) is 8.42. The van der Waals surface area contributed by atoms with Crippen molar-refractivity contribution in [2.24, 2.45) is 0 Å². The minimum absolute atomic E-state index is 0.101. The molecule has 1 aromatic heterocycles. The molecule has 0 unspecified atom stereocenters. The van der Waals surface area contributed by atoms with Crippen molar-refractivity contribution in [3.8, 4) is 17.6 Å². The van der Waals surface area contributed by atoms with Crippen LogP contribution in [-0.4, -0.2) is 24.2 Å². The molecule has 1 aliphatic rings. The molecule has 3 rings (SSSR count). The summed E-state index contributed by atoms with van der Waals surface area (Å²) in [4.78, 5) is 15.9. The van der Waals surface area contributed by atoms with E-state index in [1.165, 1.54) is 11.1 Å². The van der Waals surface area contributed by atoms with Crippen LogP contribution >= 0.6 is 0 Å². The van der Waals surface area contributed by atoms with Gasteiger partial charge in [0.15, 0.2) is 0 Å². The molecule has 2 heterocycles. The normalized spacial score (nSPS) is 14.1. The number of hydrogen-bond acceptors (Lipinski definition) is 4. The molecule has 0 atom stereocenters. The number of fused-ring (bicyclic) bond motifs is 1. The second-order valence-corrected chi connectivity index (χ2v) is 8.66. The summed E-state index contributed by atoms with van der Waals surface area (Å²) in [6.45, 7) is 9.73. The van der Waals surface area contributed by atoms with E-state index >= 15 is 0 Å². The van der Waals surface area contributed by atoms with E-state index < -0.39 is 0 Å². The highest BCUT2D eigenvalue weighted by Crippen LogP contribution is 2.39. The number of ether oxygens (including phenoxy) is 2. The van der Waals surface area contributed by atoms with Gasteiger partial charge in [0.25, 0.3) is 0 Å². The molecule has 0 bridgehead atoms. The molecule has 4 heteroatoms. The molecule has 0 amide bonds. The van der Waals surface area contributed by atoms with Crippen LogP contribution in [0.1, 0.15) is 81.3 Å². The minimum atomic E-state index is -0.116. The lowest BCUT2D eigenvalue weighted by molar-refractivity contribution is -0.143. The molecular weight excluding hydrogens is 386 g/mol. The van der Waals surface area contributed by atoms with Gasteiger partial charge in [-0.2, -0.15) is 0 Å². The summed E-state index contributed by atoms with van der Waals surface area (Å²) >= 11 is 0. The van der Waals surface area contributed by atoms with Crippen LogP contribution < -0.4 is 4.74 Å². The third-order valence-corrected chi connectivity index (χ3v) is 5.85. The Bertz CT molecular complexity index is 964. The van der Waals surface area contributed by atoms with E-state index in [0.717, 1.165) is 61.3 Å². The number of hydrogen-bond donors (Lipinski definition) is 0. The molecule has 4 nitrogen and oxygen atoms in total. The van der Waals surface area contributed by atoms with Crippen molar-refractivity contribution in [1.29, 1.82) is 0 Å². The summed E-state index contributed by atoms with van der Waals surface area (Å²) in [5.74, 6) is 7.46. The van der Waals surface area contributed by atoms with E-state index in [9.17, 15) is 4.79 Å². The van der Waals surface area contributed by atoms with Gasteiger partial charge in [-0.25, -0.2) is 4.98 Å². The van der Waals surface area contributed by atoms with Crippen LogP contribution in [0.4, 0.5) is 0 Å². The van der Waals surface area contributed by atoms with Crippen LogP contribution in [0, 0.1) is 11.8 Å². The lowest BCUT2D eigenvalue weighted by atomic mass is 9.78. The summed E-state index contributed by atoms with van der Waals surface area (Å²) in [5.41, 5.74) is 5.55. The number of carbonyl (C=O) groups excluding carboxylic acids is 1. The van der Waals surface area contributed by atoms with Crippen LogP contribution in [0.15, 0.2) is 30.5 Å². The summed E-state index contributed by atoms with van der Waals surface area (Å²) < 4.78 is 10.9. The molecule has 0 aliphatic carbocycles. The molecule has 1 aromatic carbocycles. The van der Waals surface area contributed by atoms with Gasteiger partial charge in [-0.1, -0.05) is 32.8 Å². The predicted octanol–water partition coefficient (Wildman–Crippen LogP) is 5.38. The maximum absolute atomic E-state index is 11.4. The Morgan fingerprint density at radius 1 is 1.19 bits per heavy atom. The van der Waals surface area contributed by atoms with Crippen molar-refractivity contribution in [2.75, 3.05) is 13.2 Å². The zero-order valence-electron chi connectivity index (χ0n) is 19.2. The molecular formula is C27H33NO3. The van der Waals surface area contributed by atoms with E-state index in [-0.39, 0.29) is 11.4 Å². The summed E-state index contributed by atoms with van der Waals surface area (Å²) in [7, 11) is 0. The number of aryl methyl sites for hydroxylation is 2. The van der Waals surface area contributed by atoms with Gasteiger partial charge >= 0.3 is 5.97 Å². The highest BCUT2D eigenvalue weighted by Gasteiger charge is 2.29. The monoisotopic (exact) mass is 419 g/mol. The average molecular weight is 420 g/mol. The number of aromatic nitrogens is 1. The standard InChI is InChI=1S/C27H33NO3/c1-5-21-18-25-24(27(3,4)15-16-31-25)17-22(21)12-14-23-13-11-20(19-28-23)9-7-8-10-26(29)30-6-2/h11,13,17-19H,5-10,15-16H2,1-4H3. The van der Waals surface area contributed by atoms with E-state index in [0.29, 0.717) is 13.0 Å². The quantitative estimate of drug-likeness (QED) is 0.343. The first-order valence-corrected chi connectivity index (χ1v) is 11.4. The number of nitrogens with zero attached hydrogens (tertiary/aromatic N) is 1. The van der Waals surface area contributed by atoms with Crippen molar-refractivity contribution in [2.45, 2.75) is 71.6 Å². The topological polar surface area (TPSA) is 48.4 Å². The van der Waals surface area contributed by atoms with E-state index in [1.54, 1.807) is 0 Å². The first-order valence-electron chi connectivity index (χ1n) is 11.4. The zero-order chi connectivity index (χ0) is 22.3. The van der Waals surface area contributed by atoms with Gasteiger partial charge in [0.1, 0.15) is 11.4 Å². The van der Waals surface area contributed by atoms with Gasteiger partial charge in [-0.15, -0.1) is 0 Å². The summed E-state index contributed by atoms with van der Waals surface area (Å²) in [6.07, 6.45) is 6.98. The minimum Gasteiger partial charge on any atom is -0.493 e. The Kier molecular flexibility index (Phi) is 7.74. The average Bonchev–Trinajstić information content (AvgIpc) is 2.76. The fourth-order valence-corrected chi connectivity index (χ4v) is 3.84. The second kappa shape index (κ2) is 10.5. The van der Waals surface area contributed by atoms with Crippen LogP contribution in [0.5, 0.6) is 5.75 Å². The lowest BCUT2D eigenvalue weighted by Gasteiger charge is -2.33. The Labute approximate surface area is 186 Å². The first-order chi connectivity index (χ1) is 14.9. The molecule has 0 spiro atoms. The molecule has 0 radical (unpaired) electrons. The maximum Gasteiger partial charge on any atom is 0.305 e. The first kappa shape index (κ1) is 22.9. The number of rotatable bonds is 7. The van der Waals surface area contributed by atoms with Crippen molar-refractivity contribution in [3.63, 3.8) is 0 Å². The highest BCUT2D eigenvalue weighted by atomic mass is 16.5. The SMILES string of the molecule is CCOC(=O)CCCCc1ccc(C#Cc2cc3c(cc2CC)OCCC3(C)C)nc1. The van der Waals surface area contributed by atoms with Gasteiger partial charge in [0, 0.05) is 23.7 Å². The third kappa shape index (κ3) is 6.10. The predicted molar refractivity (Wildman–Crippen MR) is 123 cm³/mol. The van der Waals surface area contributed by atoms with Gasteiger partial charge in [0.05, 0.1) is 13.2 Å². The second-order valence-electron chi connectivity index (χ2n) is 8.66. The van der Waals surface area contributed by atoms with Gasteiger partial charge in [0.2, 0.25) is 0 Å². The van der Waals surface area contributed by atoms with E-state index in [4.69, 9.17) is 9.47 Å². The van der Waals surface area contributed by atoms with Crippen LogP contribution in [0.2, 0.25) is 0 Å². The van der Waals surface area contributed by atoms with Crippen molar-refractivity contribution in [1.82, 2.24) is 4.98 Å². The van der Waals surface area contributed by atoms with Crippen molar-refractivity contribution >= 4 is 5.97 Å². The Morgan fingerprint density at radius 3 is 2.74 bits per heavy atom. The number of benzene rings is 1. The lowest BCUT2D eigenvalue weighted by Crippen LogP contribution is -2.27. The number of esters is 1. The van der Waals surface area contributed by atoms with Crippen LogP contribution in [-0.2, 0) is 27.8 Å². The molecule has 0 saturated carbocycles. The zero-order valence-corrected chi connectivity index (χ0v) is 19.2. The fourth-order valence-electron chi connectivity index (χ4n) is 3.84. The molecule has 0 N–H and O–H groups in total. The number of carbonyl (C=O) groups is 1. The van der Waals surface area contributed by atoms with Gasteiger partial charge in [-0.05, 0) is 79.7 Å². The fraction of sp³-hybridized carbons (Fsp3) is 0.481. The van der Waals surface area contributed by atoms with Crippen LogP contribution in [0.25, 0.3) is 0 Å². The van der Waals surface area contributed by atoms with Crippen LogP contribution in [0.3, 0.4) is 0 Å². The Balaban J connectivity index is 1.66. The number of pyridine rings is 1. The van der Waals surface area contributed by atoms with Crippen molar-refractivity contribution in [3.05, 3.63) is 58.4 Å². The highest BCUT2D eigenvalue weighted by molar-refractivity contribution is 5.69. The largest absolute Gasteiger partial charge is 0.493 e. The smallest absolute Gasteiger partial charge is 0.305 e. The van der Waals surface area contributed by atoms with E-state index in [2.05, 4.69) is 55.8 Å². The third-order valence-electron chi connectivity index (χ3n) is 5.85. The molecule has 2 aromatic rings. The maximum atomic E-state index is 11.4. The van der Waals surface area contributed by atoms with Gasteiger partial charge < -0.3 is 9.47 Å². The molecule has 31 heavy (non-hydrogen) atoms. The van der Waals surface area contributed by atoms with Crippen molar-refractivity contribution < 1.29 is 14.3 Å². The molecule has 0 fully saturated rings. The Hall–Kier alpha value is -2.80. The van der Waals surface area contributed by atoms with Gasteiger partial charge in [-0.3, -0.25) is 4.79 Å². The van der Waals surface area contributed by atoms with E-state index in [1.807, 2.05) is 19.2 Å². The molecule has 0 saturated heterocycles. The molecule has 1 aliphatic heterocycles. The summed E-state index contributed by atoms with van der Waals surface area (Å²) in [5, 5.41) is 0. The number of unbranched alkanes of at least 4 members (excludes halogenated alkanes) is 1.